The second kappa shape index (κ2) is 7.25. The second-order valence-corrected chi connectivity index (χ2v) is 6.45. The predicted molar refractivity (Wildman–Crippen MR) is 82.0 cm³/mol. The summed E-state index contributed by atoms with van der Waals surface area (Å²) in [5.74, 6) is -1.31. The fraction of sp³-hybridized carbons (Fsp3) is 0.143. The highest BCUT2D eigenvalue weighted by Crippen LogP contribution is 2.15. The minimum atomic E-state index is -3.88. The summed E-state index contributed by atoms with van der Waals surface area (Å²) in [5.41, 5.74) is 4.37. The monoisotopic (exact) mass is 353 g/mol. The van der Waals surface area contributed by atoms with Gasteiger partial charge in [-0.05, 0) is 30.3 Å². The highest BCUT2D eigenvalue weighted by atomic mass is 32.2. The van der Waals surface area contributed by atoms with E-state index in [1.54, 1.807) is 0 Å². The van der Waals surface area contributed by atoms with E-state index in [9.17, 15) is 18.0 Å². The summed E-state index contributed by atoms with van der Waals surface area (Å²) >= 11 is 0. The highest BCUT2D eigenvalue weighted by molar-refractivity contribution is 7.89. The van der Waals surface area contributed by atoms with E-state index in [4.69, 9.17) is 4.42 Å². The van der Waals surface area contributed by atoms with Gasteiger partial charge in [0.1, 0.15) is 0 Å². The zero-order valence-electron chi connectivity index (χ0n) is 12.8. The minimum absolute atomic E-state index is 0.0216. The fourth-order valence-corrected chi connectivity index (χ4v) is 2.72. The molecule has 2 N–H and O–H groups in total. The molecule has 0 saturated heterocycles. The molecular weight excluding hydrogens is 338 g/mol. The van der Waals surface area contributed by atoms with Crippen LogP contribution in [0.25, 0.3) is 0 Å². The van der Waals surface area contributed by atoms with Gasteiger partial charge in [0.2, 0.25) is 0 Å². The molecule has 0 saturated carbocycles. The molecule has 0 aliphatic rings. The number of carbonyl (C=O) groups excluding carboxylic acids is 2. The molecule has 0 fully saturated rings. The summed E-state index contributed by atoms with van der Waals surface area (Å²) in [5, 5.41) is 0. The Morgan fingerprint density at radius 1 is 1.12 bits per heavy atom. The first kappa shape index (κ1) is 17.7. The second-order valence-electron chi connectivity index (χ2n) is 4.51. The van der Waals surface area contributed by atoms with Gasteiger partial charge in [-0.25, -0.2) is 8.42 Å². The molecule has 128 valence electrons. The molecule has 0 unspecified atom stereocenters. The molecule has 1 aromatic heterocycles. The van der Waals surface area contributed by atoms with Crippen molar-refractivity contribution in [2.45, 2.75) is 4.90 Å². The first-order chi connectivity index (χ1) is 11.4. The van der Waals surface area contributed by atoms with Crippen LogP contribution in [-0.4, -0.2) is 38.9 Å². The number of nitrogens with zero attached hydrogens (tertiary/aromatic N) is 1. The molecule has 2 amide bonds. The van der Waals surface area contributed by atoms with Gasteiger partial charge < -0.3 is 4.42 Å². The maximum atomic E-state index is 12.1. The topological polar surface area (TPSA) is 118 Å². The molecule has 0 aliphatic carbocycles. The largest absolute Gasteiger partial charge is 0.459 e. The van der Waals surface area contributed by atoms with Crippen LogP contribution in [0.2, 0.25) is 0 Å². The summed E-state index contributed by atoms with van der Waals surface area (Å²) in [6.07, 6.45) is 1.32. The van der Waals surface area contributed by atoms with Crippen LogP contribution in [0.4, 0.5) is 0 Å². The van der Waals surface area contributed by atoms with Crippen LogP contribution in [0.1, 0.15) is 20.9 Å². The summed E-state index contributed by atoms with van der Waals surface area (Å²) in [4.78, 5) is 28.2. The van der Waals surface area contributed by atoms with E-state index in [0.717, 1.165) is 0 Å². The summed E-state index contributed by atoms with van der Waals surface area (Å²) in [6, 6.07) is 8.24. The average molecular weight is 353 g/mol. The van der Waals surface area contributed by atoms with Crippen LogP contribution in [-0.2, 0) is 14.9 Å². The Bertz CT molecular complexity index is 832. The molecule has 0 spiro atoms. The van der Waals surface area contributed by atoms with E-state index in [2.05, 4.69) is 15.7 Å². The van der Waals surface area contributed by atoms with Gasteiger partial charge in [-0.2, -0.15) is 0 Å². The standard InChI is InChI=1S/C14H15N3O6S/c1-17(22-2)24(20,21)11-6-3-5-10(9-11)13(18)15-16-14(19)12-7-4-8-23-12/h3-9H,1-2H3,(H,15,18)(H,16,19). The van der Waals surface area contributed by atoms with Crippen LogP contribution in [0.15, 0.2) is 52.0 Å². The van der Waals surface area contributed by atoms with Gasteiger partial charge >= 0.3 is 5.91 Å². The number of hydrazine groups is 1. The zero-order chi connectivity index (χ0) is 17.7. The molecule has 1 aromatic carbocycles. The van der Waals surface area contributed by atoms with E-state index >= 15 is 0 Å². The van der Waals surface area contributed by atoms with E-state index in [1.165, 1.54) is 56.8 Å². The first-order valence-electron chi connectivity index (χ1n) is 6.63. The van der Waals surface area contributed by atoms with Crippen molar-refractivity contribution in [1.82, 2.24) is 15.3 Å². The van der Waals surface area contributed by atoms with Crippen molar-refractivity contribution in [1.29, 1.82) is 0 Å². The first-order valence-corrected chi connectivity index (χ1v) is 8.07. The molecule has 0 aliphatic heterocycles. The van der Waals surface area contributed by atoms with Gasteiger partial charge in [0.15, 0.2) is 5.76 Å². The van der Waals surface area contributed by atoms with Gasteiger partial charge in [0, 0.05) is 12.6 Å². The van der Waals surface area contributed by atoms with Crippen LogP contribution >= 0.6 is 0 Å². The molecule has 10 heteroatoms. The Morgan fingerprint density at radius 3 is 2.46 bits per heavy atom. The van der Waals surface area contributed by atoms with Crippen LogP contribution in [0, 0.1) is 0 Å². The third kappa shape index (κ3) is 3.79. The van der Waals surface area contributed by atoms with E-state index in [-0.39, 0.29) is 16.2 Å². The Kier molecular flexibility index (Phi) is 5.34. The molecule has 0 bridgehead atoms. The predicted octanol–water partition coefficient (Wildman–Crippen LogP) is 0.536. The number of furan rings is 1. The number of amides is 2. The molecule has 0 atom stereocenters. The molecule has 0 radical (unpaired) electrons. The van der Waals surface area contributed by atoms with Crippen molar-refractivity contribution in [2.24, 2.45) is 0 Å². The van der Waals surface area contributed by atoms with E-state index in [0.29, 0.717) is 4.47 Å². The third-order valence-corrected chi connectivity index (χ3v) is 4.70. The normalized spacial score (nSPS) is 11.3. The van der Waals surface area contributed by atoms with Gasteiger partial charge in [0.05, 0.1) is 18.3 Å². The van der Waals surface area contributed by atoms with E-state index in [1.807, 2.05) is 0 Å². The molecule has 9 nitrogen and oxygen atoms in total. The molecule has 2 rings (SSSR count). The number of hydrogen-bond acceptors (Lipinski definition) is 6. The smallest absolute Gasteiger partial charge is 0.305 e. The third-order valence-electron chi connectivity index (χ3n) is 3.02. The average Bonchev–Trinajstić information content (AvgIpc) is 3.13. The molecule has 24 heavy (non-hydrogen) atoms. The van der Waals surface area contributed by atoms with Crippen molar-refractivity contribution < 1.29 is 27.3 Å². The number of nitrogens with one attached hydrogen (secondary N) is 2. The zero-order valence-corrected chi connectivity index (χ0v) is 13.7. The number of hydrogen-bond donors (Lipinski definition) is 2. The Labute approximate surface area is 138 Å². The quantitative estimate of drug-likeness (QED) is 0.757. The maximum Gasteiger partial charge on any atom is 0.305 e. The minimum Gasteiger partial charge on any atom is -0.459 e. The Hall–Kier alpha value is -2.69. The van der Waals surface area contributed by atoms with E-state index < -0.39 is 21.8 Å². The van der Waals surface area contributed by atoms with Crippen LogP contribution < -0.4 is 10.9 Å². The number of hydroxylamine groups is 1. The Morgan fingerprint density at radius 2 is 1.83 bits per heavy atom. The lowest BCUT2D eigenvalue weighted by Gasteiger charge is -2.14. The molecule has 2 aromatic rings. The lowest BCUT2D eigenvalue weighted by molar-refractivity contribution is -0.0258. The van der Waals surface area contributed by atoms with Gasteiger partial charge in [-0.15, -0.1) is 0 Å². The maximum absolute atomic E-state index is 12.1. The van der Waals surface area contributed by atoms with Crippen molar-refractivity contribution >= 4 is 21.8 Å². The van der Waals surface area contributed by atoms with Crippen LogP contribution in [0.5, 0.6) is 0 Å². The fourth-order valence-electron chi connectivity index (χ4n) is 1.70. The number of sulfonamides is 1. The summed E-state index contributed by atoms with van der Waals surface area (Å²) in [7, 11) is -1.45. The lowest BCUT2D eigenvalue weighted by atomic mass is 10.2. The highest BCUT2D eigenvalue weighted by Gasteiger charge is 2.22. The number of carbonyl (C=O) groups is 2. The molecule has 1 heterocycles. The van der Waals surface area contributed by atoms with Gasteiger partial charge in [-0.3, -0.25) is 25.3 Å². The SMILES string of the molecule is CON(C)S(=O)(=O)c1cccc(C(=O)NNC(=O)c2ccco2)c1. The van der Waals surface area contributed by atoms with Gasteiger partial charge in [0.25, 0.3) is 15.9 Å². The summed E-state index contributed by atoms with van der Waals surface area (Å²) in [6.45, 7) is 0. The summed E-state index contributed by atoms with van der Waals surface area (Å²) < 4.78 is 29.8. The molecular formula is C14H15N3O6S. The van der Waals surface area contributed by atoms with Crippen molar-refractivity contribution in [3.63, 3.8) is 0 Å². The van der Waals surface area contributed by atoms with Crippen molar-refractivity contribution in [2.75, 3.05) is 14.2 Å². The van der Waals surface area contributed by atoms with Crippen molar-refractivity contribution in [3.05, 3.63) is 54.0 Å². The van der Waals surface area contributed by atoms with Gasteiger partial charge in [-0.1, -0.05) is 10.5 Å². The Balaban J connectivity index is 2.11. The van der Waals surface area contributed by atoms with Crippen LogP contribution in [0.3, 0.4) is 0 Å². The number of rotatable bonds is 5. The van der Waals surface area contributed by atoms with Crippen molar-refractivity contribution in [3.8, 4) is 0 Å². The lowest BCUT2D eigenvalue weighted by Crippen LogP contribution is -2.41. The number of benzene rings is 1.